The van der Waals surface area contributed by atoms with Crippen LogP contribution in [-0.4, -0.2) is 31.7 Å². The van der Waals surface area contributed by atoms with Crippen LogP contribution in [-0.2, 0) is 21.2 Å². The Kier molecular flexibility index (Phi) is 5.39. The summed E-state index contributed by atoms with van der Waals surface area (Å²) in [5.74, 6) is -0.163. The molecule has 0 atom stereocenters. The van der Waals surface area contributed by atoms with E-state index >= 15 is 0 Å². The monoisotopic (exact) mass is 428 g/mol. The summed E-state index contributed by atoms with van der Waals surface area (Å²) < 4.78 is 27.7. The number of hydrogen-bond acceptors (Lipinski definition) is 4. The van der Waals surface area contributed by atoms with Gasteiger partial charge in [-0.2, -0.15) is 4.31 Å². The van der Waals surface area contributed by atoms with Crippen LogP contribution in [0.2, 0.25) is 0 Å². The summed E-state index contributed by atoms with van der Waals surface area (Å²) in [4.78, 5) is 12.8. The van der Waals surface area contributed by atoms with Gasteiger partial charge in [0, 0.05) is 28.1 Å². The molecule has 128 valence electrons. The number of nitrogens with zero attached hydrogens (tertiary/aromatic N) is 1. The van der Waals surface area contributed by atoms with Crippen molar-refractivity contribution in [3.8, 4) is 0 Å². The Bertz CT molecular complexity index is 825. The van der Waals surface area contributed by atoms with E-state index in [1.54, 1.807) is 24.3 Å². The first-order chi connectivity index (χ1) is 11.4. The van der Waals surface area contributed by atoms with Crippen LogP contribution in [0.3, 0.4) is 0 Å². The second-order valence-electron chi connectivity index (χ2n) is 5.56. The molecule has 5 nitrogen and oxygen atoms in total. The fraction of sp³-hybridized carbons (Fsp3) is 0.312. The fourth-order valence-electron chi connectivity index (χ4n) is 2.54. The van der Waals surface area contributed by atoms with E-state index in [-0.39, 0.29) is 12.3 Å². The number of sulfonamides is 1. The minimum Gasteiger partial charge on any atom is -0.326 e. The number of anilines is 1. The fourth-order valence-corrected chi connectivity index (χ4v) is 5.83. The number of thiophene rings is 1. The minimum absolute atomic E-state index is 0.163. The molecule has 3 rings (SSSR count). The summed E-state index contributed by atoms with van der Waals surface area (Å²) in [6.07, 6.45) is 1.98. The van der Waals surface area contributed by atoms with E-state index in [0.29, 0.717) is 23.0 Å². The molecule has 1 aliphatic rings. The largest absolute Gasteiger partial charge is 0.326 e. The van der Waals surface area contributed by atoms with Crippen LogP contribution in [0.15, 0.2) is 45.1 Å². The maximum absolute atomic E-state index is 12.5. The molecule has 0 aliphatic carbocycles. The van der Waals surface area contributed by atoms with Gasteiger partial charge in [0.05, 0.1) is 6.42 Å². The Morgan fingerprint density at radius 3 is 2.46 bits per heavy atom. The van der Waals surface area contributed by atoms with Crippen LogP contribution < -0.4 is 5.32 Å². The topological polar surface area (TPSA) is 66.5 Å². The van der Waals surface area contributed by atoms with Crippen LogP contribution in [0, 0.1) is 0 Å². The quantitative estimate of drug-likeness (QED) is 0.792. The summed E-state index contributed by atoms with van der Waals surface area (Å²) in [5.41, 5.74) is 0.713. The molecule has 0 unspecified atom stereocenters. The smallest absolute Gasteiger partial charge is 0.252 e. The molecule has 24 heavy (non-hydrogen) atoms. The first-order valence-electron chi connectivity index (χ1n) is 7.59. The first kappa shape index (κ1) is 17.6. The molecule has 0 spiro atoms. The molecule has 1 saturated heterocycles. The van der Waals surface area contributed by atoms with Gasteiger partial charge in [-0.05, 0) is 49.2 Å². The third kappa shape index (κ3) is 4.05. The number of carbonyl (C=O) groups is 1. The Labute approximate surface area is 153 Å². The number of hydrogen-bond donors (Lipinski definition) is 1. The molecule has 2 aromatic rings. The lowest BCUT2D eigenvalue weighted by Gasteiger charge is -2.13. The van der Waals surface area contributed by atoms with Gasteiger partial charge in [-0.15, -0.1) is 11.3 Å². The molecular formula is C16H17BrN2O3S2. The van der Waals surface area contributed by atoms with E-state index in [0.717, 1.165) is 22.2 Å². The zero-order chi connectivity index (χ0) is 17.2. The van der Waals surface area contributed by atoms with Crippen molar-refractivity contribution in [3.63, 3.8) is 0 Å². The van der Waals surface area contributed by atoms with Gasteiger partial charge in [0.25, 0.3) is 10.0 Å². The van der Waals surface area contributed by atoms with Crippen molar-refractivity contribution in [2.45, 2.75) is 23.5 Å². The molecule has 1 aliphatic heterocycles. The number of halogens is 1. The summed E-state index contributed by atoms with van der Waals surface area (Å²) in [6.45, 7) is 1.17. The van der Waals surface area contributed by atoms with Crippen molar-refractivity contribution in [2.24, 2.45) is 0 Å². The van der Waals surface area contributed by atoms with Crippen molar-refractivity contribution in [1.29, 1.82) is 0 Å². The van der Waals surface area contributed by atoms with E-state index < -0.39 is 10.0 Å². The summed E-state index contributed by atoms with van der Waals surface area (Å²) in [6, 6.07) is 10.6. The Balaban J connectivity index is 1.65. The number of benzene rings is 1. The van der Waals surface area contributed by atoms with Gasteiger partial charge in [0.1, 0.15) is 4.21 Å². The van der Waals surface area contributed by atoms with Crippen molar-refractivity contribution in [1.82, 2.24) is 4.31 Å². The van der Waals surface area contributed by atoms with Crippen molar-refractivity contribution in [3.05, 3.63) is 45.7 Å². The normalized spacial score (nSPS) is 15.5. The molecule has 1 amide bonds. The number of nitrogens with one attached hydrogen (secondary N) is 1. The van der Waals surface area contributed by atoms with Gasteiger partial charge in [-0.25, -0.2) is 8.42 Å². The Morgan fingerprint density at radius 2 is 1.79 bits per heavy atom. The second-order valence-corrected chi connectivity index (χ2v) is 9.81. The van der Waals surface area contributed by atoms with Gasteiger partial charge in [-0.1, -0.05) is 15.9 Å². The maximum atomic E-state index is 12.5. The van der Waals surface area contributed by atoms with Crippen molar-refractivity contribution >= 4 is 48.9 Å². The minimum atomic E-state index is -3.40. The van der Waals surface area contributed by atoms with Crippen LogP contribution in [0.25, 0.3) is 0 Å². The predicted octanol–water partition coefficient (Wildman–Crippen LogP) is 3.48. The van der Waals surface area contributed by atoms with E-state index in [2.05, 4.69) is 21.2 Å². The van der Waals surface area contributed by atoms with E-state index in [1.807, 2.05) is 12.1 Å². The Morgan fingerprint density at radius 1 is 1.12 bits per heavy atom. The van der Waals surface area contributed by atoms with Crippen LogP contribution in [0.4, 0.5) is 5.69 Å². The number of amides is 1. The maximum Gasteiger partial charge on any atom is 0.252 e. The average Bonchev–Trinajstić information content (AvgIpc) is 3.21. The van der Waals surface area contributed by atoms with Gasteiger partial charge < -0.3 is 5.32 Å². The molecule has 0 bridgehead atoms. The number of rotatable bonds is 5. The van der Waals surface area contributed by atoms with Crippen molar-refractivity contribution < 1.29 is 13.2 Å². The van der Waals surface area contributed by atoms with Crippen LogP contribution in [0.5, 0.6) is 0 Å². The molecule has 1 aromatic heterocycles. The molecule has 1 fully saturated rings. The highest BCUT2D eigenvalue weighted by Crippen LogP contribution is 2.27. The van der Waals surface area contributed by atoms with E-state index in [9.17, 15) is 13.2 Å². The zero-order valence-corrected chi connectivity index (χ0v) is 16.1. The molecule has 2 heterocycles. The first-order valence-corrected chi connectivity index (χ1v) is 10.6. The highest BCUT2D eigenvalue weighted by Gasteiger charge is 2.28. The second kappa shape index (κ2) is 7.35. The summed E-state index contributed by atoms with van der Waals surface area (Å²) in [5, 5.41) is 2.81. The number of carbonyl (C=O) groups excluding carboxylic acids is 1. The van der Waals surface area contributed by atoms with Gasteiger partial charge >= 0.3 is 0 Å². The lowest BCUT2D eigenvalue weighted by atomic mass is 10.3. The van der Waals surface area contributed by atoms with Gasteiger partial charge in [0.15, 0.2) is 0 Å². The molecule has 1 N–H and O–H groups in total. The highest BCUT2D eigenvalue weighted by atomic mass is 79.9. The molecule has 0 saturated carbocycles. The lowest BCUT2D eigenvalue weighted by molar-refractivity contribution is -0.115. The van der Waals surface area contributed by atoms with Gasteiger partial charge in [0.2, 0.25) is 5.91 Å². The summed E-state index contributed by atoms with van der Waals surface area (Å²) >= 11 is 4.51. The molecule has 8 heteroatoms. The third-order valence-electron chi connectivity index (χ3n) is 3.76. The van der Waals surface area contributed by atoms with E-state index in [4.69, 9.17) is 0 Å². The Hall–Kier alpha value is -1.22. The lowest BCUT2D eigenvalue weighted by Crippen LogP contribution is -2.27. The standard InChI is InChI=1S/C16H17BrN2O3S2/c17-12-3-5-13(6-4-12)18-15(20)11-14-7-8-16(23-14)24(21,22)19-9-1-2-10-19/h3-8H,1-2,9-11H2,(H,18,20). The van der Waals surface area contributed by atoms with Gasteiger partial charge in [-0.3, -0.25) is 4.79 Å². The van der Waals surface area contributed by atoms with E-state index in [1.165, 1.54) is 15.6 Å². The third-order valence-corrected chi connectivity index (χ3v) is 7.74. The average molecular weight is 429 g/mol. The highest BCUT2D eigenvalue weighted by molar-refractivity contribution is 9.10. The SMILES string of the molecule is O=C(Cc1ccc(S(=O)(=O)N2CCCC2)s1)Nc1ccc(Br)cc1. The molecule has 1 aromatic carbocycles. The molecule has 0 radical (unpaired) electrons. The molecular weight excluding hydrogens is 412 g/mol. The summed E-state index contributed by atoms with van der Waals surface area (Å²) in [7, 11) is -3.40. The van der Waals surface area contributed by atoms with Crippen LogP contribution in [0.1, 0.15) is 17.7 Å². The van der Waals surface area contributed by atoms with Crippen LogP contribution >= 0.6 is 27.3 Å². The predicted molar refractivity (Wildman–Crippen MR) is 98.8 cm³/mol. The zero-order valence-electron chi connectivity index (χ0n) is 12.9. The van der Waals surface area contributed by atoms with Crippen molar-refractivity contribution in [2.75, 3.05) is 18.4 Å².